The second kappa shape index (κ2) is 12.3. The van der Waals surface area contributed by atoms with Crippen LogP contribution in [0.25, 0.3) is 0 Å². The molecular weight excluding hydrogens is 495 g/mol. The Kier molecular flexibility index (Phi) is 9.41. The second-order valence-electron chi connectivity index (χ2n) is 11.7. The normalized spacial score (nSPS) is 20.6. The number of nitrogens with one attached hydrogen (secondary N) is 1. The van der Waals surface area contributed by atoms with Gasteiger partial charge in [0, 0.05) is 12.2 Å². The largest absolute Gasteiger partial charge is 0.413 e. The van der Waals surface area contributed by atoms with Crippen molar-refractivity contribution in [3.05, 3.63) is 58.0 Å². The van der Waals surface area contributed by atoms with Gasteiger partial charge in [0.2, 0.25) is 14.1 Å². The van der Waals surface area contributed by atoms with Crippen LogP contribution >= 0.6 is 11.3 Å². The summed E-state index contributed by atoms with van der Waals surface area (Å²) in [6.07, 6.45) is 15.7. The van der Waals surface area contributed by atoms with Crippen molar-refractivity contribution in [2.45, 2.75) is 115 Å². The van der Waals surface area contributed by atoms with E-state index in [1.165, 1.54) is 54.5 Å². The highest BCUT2D eigenvalue weighted by Crippen LogP contribution is 2.44. The lowest BCUT2D eigenvalue weighted by atomic mass is 9.95. The summed E-state index contributed by atoms with van der Waals surface area (Å²) in [6.45, 7) is 14.0. The lowest BCUT2D eigenvalue weighted by Crippen LogP contribution is -2.50. The maximum atomic E-state index is 13.5. The average Bonchev–Trinajstić information content (AvgIpc) is 3.52. The van der Waals surface area contributed by atoms with Crippen LogP contribution in [0.4, 0.5) is 5.82 Å². The van der Waals surface area contributed by atoms with Crippen LogP contribution < -0.4 is 5.32 Å². The molecule has 2 aliphatic rings. The molecule has 0 unspecified atom stereocenters. The van der Waals surface area contributed by atoms with Gasteiger partial charge in [0.05, 0.1) is 16.5 Å². The Hall–Kier alpha value is -1.83. The number of aromatic nitrogens is 2. The SMILES string of the molecule is CC(C)[Si](O[C@H]1[CH]C[C@@H](Nc2ncncc2C(=O)c2cc(CC3=CCCCC3)cs2)C1)(C(C)C)C(C)C. The van der Waals surface area contributed by atoms with Crippen molar-refractivity contribution >= 4 is 31.3 Å². The molecule has 4 rings (SSSR count). The van der Waals surface area contributed by atoms with E-state index in [4.69, 9.17) is 4.43 Å². The van der Waals surface area contributed by atoms with Crippen LogP contribution in [0.2, 0.25) is 16.6 Å². The van der Waals surface area contributed by atoms with Gasteiger partial charge < -0.3 is 9.74 Å². The zero-order valence-corrected chi connectivity index (χ0v) is 25.2. The number of allylic oxidation sites excluding steroid dienone is 2. The number of ketones is 1. The highest BCUT2D eigenvalue weighted by Gasteiger charge is 2.47. The first kappa shape index (κ1) is 28.2. The predicted molar refractivity (Wildman–Crippen MR) is 157 cm³/mol. The number of anilines is 1. The van der Waals surface area contributed by atoms with Gasteiger partial charge in [-0.15, -0.1) is 11.3 Å². The molecule has 1 saturated carbocycles. The molecule has 0 bridgehead atoms. The van der Waals surface area contributed by atoms with E-state index in [1.807, 2.05) is 0 Å². The van der Waals surface area contributed by atoms with E-state index in [1.54, 1.807) is 6.20 Å². The zero-order valence-electron chi connectivity index (χ0n) is 23.4. The second-order valence-corrected chi connectivity index (χ2v) is 18.1. The summed E-state index contributed by atoms with van der Waals surface area (Å²) in [5.74, 6) is 0.627. The fraction of sp³-hybridized carbons (Fsp3) is 0.600. The van der Waals surface area contributed by atoms with Crippen molar-refractivity contribution < 1.29 is 9.22 Å². The maximum absolute atomic E-state index is 13.5. The van der Waals surface area contributed by atoms with Gasteiger partial charge in [-0.05, 0) is 85.0 Å². The van der Waals surface area contributed by atoms with Crippen molar-refractivity contribution in [2.75, 3.05) is 5.32 Å². The minimum Gasteiger partial charge on any atom is -0.413 e. The number of carbonyl (C=O) groups excluding carboxylic acids is 1. The molecule has 2 heterocycles. The van der Waals surface area contributed by atoms with E-state index in [9.17, 15) is 4.79 Å². The van der Waals surface area contributed by atoms with Gasteiger partial charge in [-0.2, -0.15) is 0 Å². The lowest BCUT2D eigenvalue weighted by Gasteiger charge is -2.44. The highest BCUT2D eigenvalue weighted by molar-refractivity contribution is 7.12. The van der Waals surface area contributed by atoms with Crippen molar-refractivity contribution in [2.24, 2.45) is 0 Å². The molecular formula is C30H44N3O2SSi. The number of nitrogens with zero attached hydrogens (tertiary/aromatic N) is 2. The molecule has 2 aromatic heterocycles. The molecule has 201 valence electrons. The van der Waals surface area contributed by atoms with Crippen molar-refractivity contribution in [3.8, 4) is 0 Å². The number of hydrogen-bond donors (Lipinski definition) is 1. The van der Waals surface area contributed by atoms with Crippen molar-refractivity contribution in [3.63, 3.8) is 0 Å². The van der Waals surface area contributed by atoms with Gasteiger partial charge >= 0.3 is 0 Å². The fourth-order valence-corrected chi connectivity index (χ4v) is 12.9. The van der Waals surface area contributed by atoms with Gasteiger partial charge in [-0.25, -0.2) is 9.97 Å². The first-order valence-electron chi connectivity index (χ1n) is 14.1. The molecule has 2 atom stereocenters. The topological polar surface area (TPSA) is 64.1 Å². The van der Waals surface area contributed by atoms with E-state index in [0.29, 0.717) is 28.0 Å². The van der Waals surface area contributed by atoms with E-state index in [-0.39, 0.29) is 17.9 Å². The maximum Gasteiger partial charge on any atom is 0.208 e. The molecule has 0 aromatic carbocycles. The number of carbonyl (C=O) groups is 1. The van der Waals surface area contributed by atoms with E-state index in [2.05, 4.69) is 80.8 Å². The van der Waals surface area contributed by atoms with Crippen LogP contribution in [0, 0.1) is 6.42 Å². The molecule has 0 amide bonds. The van der Waals surface area contributed by atoms with E-state index < -0.39 is 8.32 Å². The third-order valence-electron chi connectivity index (χ3n) is 8.25. The molecule has 1 N–H and O–H groups in total. The van der Waals surface area contributed by atoms with Gasteiger partial charge in [0.15, 0.2) is 0 Å². The van der Waals surface area contributed by atoms with Crippen LogP contribution in [0.15, 0.2) is 35.6 Å². The lowest BCUT2D eigenvalue weighted by molar-refractivity contribution is 0.104. The Morgan fingerprint density at radius 3 is 2.59 bits per heavy atom. The molecule has 37 heavy (non-hydrogen) atoms. The van der Waals surface area contributed by atoms with Crippen LogP contribution in [0.5, 0.6) is 0 Å². The smallest absolute Gasteiger partial charge is 0.208 e. The highest BCUT2D eigenvalue weighted by atomic mass is 32.1. The van der Waals surface area contributed by atoms with Crippen LogP contribution in [0.3, 0.4) is 0 Å². The number of rotatable bonds is 11. The molecule has 0 saturated heterocycles. The summed E-state index contributed by atoms with van der Waals surface area (Å²) in [4.78, 5) is 22.9. The Labute approximate surface area is 228 Å². The van der Waals surface area contributed by atoms with Gasteiger partial charge in [0.25, 0.3) is 0 Å². The van der Waals surface area contributed by atoms with Crippen LogP contribution in [-0.4, -0.2) is 36.2 Å². The van der Waals surface area contributed by atoms with Crippen molar-refractivity contribution in [1.82, 2.24) is 9.97 Å². The molecule has 1 fully saturated rings. The summed E-state index contributed by atoms with van der Waals surface area (Å²) in [5.41, 5.74) is 4.96. The minimum absolute atomic E-state index is 0.00222. The fourth-order valence-electron chi connectivity index (χ4n) is 6.53. The summed E-state index contributed by atoms with van der Waals surface area (Å²) in [6, 6.07) is 2.25. The summed E-state index contributed by atoms with van der Waals surface area (Å²) in [7, 11) is -1.94. The molecule has 2 aromatic rings. The standard InChI is InChI=1S/C30H44N3O2SSi/c1-20(2)37(21(3)4,22(5)6)35-26-13-12-25(16-26)33-30-27(17-31-19-32-30)29(34)28-15-24(18-36-28)14-23-10-8-7-9-11-23/h10,13,15,17-22,25-26H,7-9,11-12,14,16H2,1-6H3,(H,31,32,33)/t25-,26+/m1/s1. The average molecular weight is 539 g/mol. The summed E-state index contributed by atoms with van der Waals surface area (Å²) < 4.78 is 7.00. The zero-order chi connectivity index (χ0) is 26.6. The molecule has 2 aliphatic carbocycles. The molecule has 0 aliphatic heterocycles. The van der Waals surface area contributed by atoms with E-state index >= 15 is 0 Å². The predicted octanol–water partition coefficient (Wildman–Crippen LogP) is 8.15. The van der Waals surface area contributed by atoms with E-state index in [0.717, 1.165) is 24.1 Å². The first-order valence-corrected chi connectivity index (χ1v) is 17.1. The molecule has 5 nitrogen and oxygen atoms in total. The summed E-state index contributed by atoms with van der Waals surface area (Å²) in [5, 5.41) is 5.69. The quantitative estimate of drug-likeness (QED) is 0.178. The Balaban J connectivity index is 1.42. The Morgan fingerprint density at radius 2 is 1.92 bits per heavy atom. The van der Waals surface area contributed by atoms with Crippen LogP contribution in [-0.2, 0) is 10.8 Å². The number of thiophene rings is 1. The molecule has 1 radical (unpaired) electrons. The third-order valence-corrected chi connectivity index (χ3v) is 15.4. The Bertz CT molecular complexity index is 1070. The monoisotopic (exact) mass is 538 g/mol. The minimum atomic E-state index is -1.94. The van der Waals surface area contributed by atoms with Crippen LogP contribution in [0.1, 0.15) is 101 Å². The molecule has 7 heteroatoms. The number of hydrogen-bond acceptors (Lipinski definition) is 6. The summed E-state index contributed by atoms with van der Waals surface area (Å²) >= 11 is 1.53. The molecule has 0 spiro atoms. The first-order chi connectivity index (χ1) is 17.7. The van der Waals surface area contributed by atoms with Gasteiger partial charge in [-0.1, -0.05) is 53.2 Å². The van der Waals surface area contributed by atoms with Crippen molar-refractivity contribution in [1.29, 1.82) is 0 Å². The van der Waals surface area contributed by atoms with Gasteiger partial charge in [-0.3, -0.25) is 4.79 Å². The Morgan fingerprint density at radius 1 is 1.16 bits per heavy atom. The third kappa shape index (κ3) is 6.43. The van der Waals surface area contributed by atoms with Gasteiger partial charge in [0.1, 0.15) is 12.1 Å².